The summed E-state index contributed by atoms with van der Waals surface area (Å²) in [5.74, 6) is 2.83. The molecule has 1 atom stereocenters. The average Bonchev–Trinajstić information content (AvgIpc) is 3.31. The van der Waals surface area contributed by atoms with Gasteiger partial charge in [-0.15, -0.1) is 11.3 Å². The first-order valence-electron chi connectivity index (χ1n) is 8.58. The summed E-state index contributed by atoms with van der Waals surface area (Å²) in [7, 11) is 3.37. The van der Waals surface area contributed by atoms with Crippen LogP contribution in [0.15, 0.2) is 34.4 Å². The average molecular weight is 371 g/mol. The number of rotatable bonds is 5. The van der Waals surface area contributed by atoms with Gasteiger partial charge in [-0.3, -0.25) is 9.69 Å². The van der Waals surface area contributed by atoms with Gasteiger partial charge in [0.1, 0.15) is 22.0 Å². The fourth-order valence-corrected chi connectivity index (χ4v) is 4.32. The normalized spacial score (nSPS) is 17.7. The van der Waals surface area contributed by atoms with Crippen LogP contribution >= 0.6 is 11.3 Å². The summed E-state index contributed by atoms with van der Waals surface area (Å²) in [6.07, 6.45) is 1.04. The zero-order valence-electron chi connectivity index (χ0n) is 14.8. The fraction of sp³-hybridized carbons (Fsp3) is 0.368. The monoisotopic (exact) mass is 371 g/mol. The van der Waals surface area contributed by atoms with Crippen molar-refractivity contribution in [3.63, 3.8) is 0 Å². The molecule has 136 valence electrons. The first-order chi connectivity index (χ1) is 12.7. The molecular formula is C19H21N3O3S. The standard InChI is InChI=1S/C19H21N3O3S/c1-24-13-3-4-16(25-2)14(9-13)12-5-7-22(10-12)11-17-20-15-6-8-26-18(15)19(23)21-17/h3-4,6,8-9,12H,5,7,10-11H2,1-2H3,(H,20,21,23)/t12-/m1/s1. The lowest BCUT2D eigenvalue weighted by Crippen LogP contribution is -2.23. The maximum atomic E-state index is 12.1. The Bertz CT molecular complexity index is 982. The number of likely N-dealkylation sites (tertiary alicyclic amines) is 1. The topological polar surface area (TPSA) is 67.5 Å². The summed E-state index contributed by atoms with van der Waals surface area (Å²) < 4.78 is 11.6. The maximum Gasteiger partial charge on any atom is 0.268 e. The van der Waals surface area contributed by atoms with E-state index in [2.05, 4.69) is 20.9 Å². The van der Waals surface area contributed by atoms with E-state index in [0.29, 0.717) is 17.2 Å². The smallest absolute Gasteiger partial charge is 0.268 e. The van der Waals surface area contributed by atoms with Crippen molar-refractivity contribution in [1.82, 2.24) is 14.9 Å². The largest absolute Gasteiger partial charge is 0.497 e. The van der Waals surface area contributed by atoms with Crippen molar-refractivity contribution in [2.75, 3.05) is 27.3 Å². The highest BCUT2D eigenvalue weighted by molar-refractivity contribution is 7.17. The van der Waals surface area contributed by atoms with E-state index < -0.39 is 0 Å². The van der Waals surface area contributed by atoms with E-state index in [1.165, 1.54) is 16.9 Å². The minimum atomic E-state index is -0.0507. The number of methoxy groups -OCH3 is 2. The van der Waals surface area contributed by atoms with Gasteiger partial charge in [0.15, 0.2) is 0 Å². The van der Waals surface area contributed by atoms with Gasteiger partial charge in [-0.05, 0) is 42.6 Å². The van der Waals surface area contributed by atoms with Crippen LogP contribution in [0.5, 0.6) is 11.5 Å². The quantitative estimate of drug-likeness (QED) is 0.747. The van der Waals surface area contributed by atoms with Crippen LogP contribution < -0.4 is 15.0 Å². The van der Waals surface area contributed by atoms with Gasteiger partial charge >= 0.3 is 0 Å². The number of aromatic nitrogens is 2. The van der Waals surface area contributed by atoms with Crippen LogP contribution in [0, 0.1) is 0 Å². The SMILES string of the molecule is COc1ccc(OC)c([C@@H]2CCN(Cc3nc4ccsc4c(=O)[nH]3)C2)c1. The van der Waals surface area contributed by atoms with Crippen LogP contribution in [0.3, 0.4) is 0 Å². The van der Waals surface area contributed by atoms with Crippen molar-refractivity contribution in [2.24, 2.45) is 0 Å². The second kappa shape index (κ2) is 7.09. The van der Waals surface area contributed by atoms with Gasteiger partial charge in [-0.25, -0.2) is 4.98 Å². The molecule has 6 nitrogen and oxygen atoms in total. The van der Waals surface area contributed by atoms with Crippen molar-refractivity contribution < 1.29 is 9.47 Å². The number of hydrogen-bond donors (Lipinski definition) is 1. The summed E-state index contributed by atoms with van der Waals surface area (Å²) in [5, 5.41) is 1.90. The molecule has 1 saturated heterocycles. The summed E-state index contributed by atoms with van der Waals surface area (Å²) in [6, 6.07) is 7.83. The van der Waals surface area contributed by atoms with Crippen molar-refractivity contribution in [3.05, 3.63) is 51.4 Å². The summed E-state index contributed by atoms with van der Waals surface area (Å²) in [5.41, 5.74) is 1.90. The molecule has 3 heterocycles. The molecule has 0 spiro atoms. The van der Waals surface area contributed by atoms with Gasteiger partial charge < -0.3 is 14.5 Å². The molecule has 0 amide bonds. The minimum absolute atomic E-state index is 0.0507. The van der Waals surface area contributed by atoms with E-state index >= 15 is 0 Å². The lowest BCUT2D eigenvalue weighted by atomic mass is 9.97. The molecule has 1 aliphatic heterocycles. The second-order valence-corrected chi connectivity index (χ2v) is 7.39. The first kappa shape index (κ1) is 17.1. The van der Waals surface area contributed by atoms with Crippen LogP contribution in [-0.4, -0.2) is 42.2 Å². The van der Waals surface area contributed by atoms with Crippen LogP contribution in [0.4, 0.5) is 0 Å². The molecule has 1 aromatic carbocycles. The van der Waals surface area contributed by atoms with E-state index in [-0.39, 0.29) is 5.56 Å². The zero-order chi connectivity index (χ0) is 18.1. The second-order valence-electron chi connectivity index (χ2n) is 6.48. The van der Waals surface area contributed by atoms with Gasteiger partial charge in [-0.2, -0.15) is 0 Å². The third-order valence-corrected chi connectivity index (χ3v) is 5.79. The predicted molar refractivity (Wildman–Crippen MR) is 102 cm³/mol. The molecule has 1 N–H and O–H groups in total. The highest BCUT2D eigenvalue weighted by Crippen LogP contribution is 2.36. The molecule has 26 heavy (non-hydrogen) atoms. The van der Waals surface area contributed by atoms with Gasteiger partial charge in [0.25, 0.3) is 5.56 Å². The Hall–Kier alpha value is -2.38. The molecule has 3 aromatic rings. The Morgan fingerprint density at radius 2 is 2.19 bits per heavy atom. The van der Waals surface area contributed by atoms with Crippen molar-refractivity contribution in [3.8, 4) is 11.5 Å². The molecule has 0 saturated carbocycles. The Balaban J connectivity index is 1.52. The number of hydrogen-bond acceptors (Lipinski definition) is 6. The number of H-pyrrole nitrogens is 1. The zero-order valence-corrected chi connectivity index (χ0v) is 15.6. The molecule has 1 fully saturated rings. The third kappa shape index (κ3) is 3.20. The van der Waals surface area contributed by atoms with Gasteiger partial charge in [0, 0.05) is 18.0 Å². The molecule has 1 aliphatic rings. The van der Waals surface area contributed by atoms with Crippen LogP contribution in [0.2, 0.25) is 0 Å². The molecule has 4 rings (SSSR count). The Morgan fingerprint density at radius 1 is 1.31 bits per heavy atom. The number of thiophene rings is 1. The van der Waals surface area contributed by atoms with Crippen molar-refractivity contribution >= 4 is 21.6 Å². The van der Waals surface area contributed by atoms with Crippen LogP contribution in [0.1, 0.15) is 23.7 Å². The Morgan fingerprint density at radius 3 is 3.00 bits per heavy atom. The number of nitrogens with one attached hydrogen (secondary N) is 1. The number of fused-ring (bicyclic) bond motifs is 1. The highest BCUT2D eigenvalue weighted by Gasteiger charge is 2.27. The number of benzene rings is 1. The molecular weight excluding hydrogens is 350 g/mol. The molecule has 2 aromatic heterocycles. The predicted octanol–water partition coefficient (Wildman–Crippen LogP) is 2.99. The summed E-state index contributed by atoms with van der Waals surface area (Å²) in [4.78, 5) is 22.0. The van der Waals surface area contributed by atoms with Crippen molar-refractivity contribution in [2.45, 2.75) is 18.9 Å². The fourth-order valence-electron chi connectivity index (χ4n) is 3.60. The van der Waals surface area contributed by atoms with E-state index in [4.69, 9.17) is 9.47 Å². The molecule has 0 unspecified atom stereocenters. The van der Waals surface area contributed by atoms with Crippen LogP contribution in [0.25, 0.3) is 10.2 Å². The Labute approximate surface area is 155 Å². The number of nitrogens with zero attached hydrogens (tertiary/aromatic N) is 2. The molecule has 7 heteroatoms. The summed E-state index contributed by atoms with van der Waals surface area (Å²) >= 11 is 1.42. The minimum Gasteiger partial charge on any atom is -0.497 e. The maximum absolute atomic E-state index is 12.1. The van der Waals surface area contributed by atoms with E-state index in [9.17, 15) is 4.79 Å². The van der Waals surface area contributed by atoms with E-state index in [0.717, 1.165) is 42.4 Å². The Kier molecular flexibility index (Phi) is 4.65. The van der Waals surface area contributed by atoms with Crippen molar-refractivity contribution in [1.29, 1.82) is 0 Å². The molecule has 0 aliphatic carbocycles. The third-order valence-electron chi connectivity index (χ3n) is 4.89. The molecule has 0 bridgehead atoms. The summed E-state index contributed by atoms with van der Waals surface area (Å²) in [6.45, 7) is 2.50. The van der Waals surface area contributed by atoms with Crippen LogP contribution in [-0.2, 0) is 6.54 Å². The first-order valence-corrected chi connectivity index (χ1v) is 9.46. The van der Waals surface area contributed by atoms with E-state index in [1.54, 1.807) is 14.2 Å². The highest BCUT2D eigenvalue weighted by atomic mass is 32.1. The molecule has 0 radical (unpaired) electrons. The number of aromatic amines is 1. The van der Waals surface area contributed by atoms with Gasteiger partial charge in [0.05, 0.1) is 26.3 Å². The van der Waals surface area contributed by atoms with Gasteiger partial charge in [-0.1, -0.05) is 0 Å². The van der Waals surface area contributed by atoms with Gasteiger partial charge in [0.2, 0.25) is 0 Å². The lowest BCUT2D eigenvalue weighted by Gasteiger charge is -2.18. The number of ether oxygens (including phenoxy) is 2. The van der Waals surface area contributed by atoms with E-state index in [1.807, 2.05) is 23.6 Å². The lowest BCUT2D eigenvalue weighted by molar-refractivity contribution is 0.317.